The summed E-state index contributed by atoms with van der Waals surface area (Å²) < 4.78 is 5.84. The van der Waals surface area contributed by atoms with Gasteiger partial charge in [0.15, 0.2) is 0 Å². The summed E-state index contributed by atoms with van der Waals surface area (Å²) in [4.78, 5) is 0. The minimum atomic E-state index is 0.0550. The number of hydrogen-bond acceptors (Lipinski definition) is 2. The summed E-state index contributed by atoms with van der Waals surface area (Å²) >= 11 is 0. The minimum Gasteiger partial charge on any atom is -0.360 e. The third-order valence-electron chi connectivity index (χ3n) is 3.23. The van der Waals surface area contributed by atoms with E-state index in [0.717, 1.165) is 6.61 Å². The van der Waals surface area contributed by atoms with Crippen LogP contribution in [0.5, 0.6) is 0 Å². The second kappa shape index (κ2) is 2.46. The average Bonchev–Trinajstić information content (AvgIpc) is 2.53. The van der Waals surface area contributed by atoms with Crippen molar-refractivity contribution >= 4 is 0 Å². The van der Waals surface area contributed by atoms with Crippen molar-refractivity contribution in [2.75, 3.05) is 6.61 Å². The molecule has 0 radical (unpaired) electrons. The van der Waals surface area contributed by atoms with Crippen molar-refractivity contribution in [3.05, 3.63) is 0 Å². The van der Waals surface area contributed by atoms with E-state index in [9.17, 15) is 0 Å². The highest BCUT2D eigenvalue weighted by molar-refractivity contribution is 5.14. The van der Waals surface area contributed by atoms with Gasteiger partial charge in [-0.05, 0) is 33.1 Å². The summed E-state index contributed by atoms with van der Waals surface area (Å²) in [5.74, 6) is 0. The Balaban J connectivity index is 2.03. The molecule has 1 saturated carbocycles. The van der Waals surface area contributed by atoms with Crippen molar-refractivity contribution in [1.29, 1.82) is 0 Å². The average molecular weight is 169 g/mol. The molecule has 1 aliphatic carbocycles. The van der Waals surface area contributed by atoms with E-state index in [-0.39, 0.29) is 5.72 Å². The summed E-state index contributed by atoms with van der Waals surface area (Å²) in [5.41, 5.74) is 0.495. The zero-order chi connectivity index (χ0) is 8.82. The van der Waals surface area contributed by atoms with E-state index in [1.54, 1.807) is 0 Å². The van der Waals surface area contributed by atoms with Gasteiger partial charge in [0, 0.05) is 18.1 Å². The van der Waals surface area contributed by atoms with Crippen molar-refractivity contribution in [3.63, 3.8) is 0 Å². The fraction of sp³-hybridized carbons (Fsp3) is 1.00. The first-order valence-corrected chi connectivity index (χ1v) is 5.00. The van der Waals surface area contributed by atoms with Gasteiger partial charge in [0.2, 0.25) is 0 Å². The second-order valence-corrected chi connectivity index (χ2v) is 4.82. The highest BCUT2D eigenvalue weighted by atomic mass is 16.5. The molecule has 2 rings (SSSR count). The Bertz CT molecular complexity index is 188. The van der Waals surface area contributed by atoms with Crippen LogP contribution in [0, 0.1) is 5.41 Å². The van der Waals surface area contributed by atoms with E-state index in [0.29, 0.717) is 11.5 Å². The fourth-order valence-electron chi connectivity index (χ4n) is 2.46. The Morgan fingerprint density at radius 1 is 1.42 bits per heavy atom. The molecule has 0 unspecified atom stereocenters. The zero-order valence-corrected chi connectivity index (χ0v) is 8.31. The Morgan fingerprint density at radius 3 is 2.75 bits per heavy atom. The molecule has 1 aliphatic heterocycles. The molecule has 1 N–H and O–H groups in total. The molecule has 1 saturated heterocycles. The molecule has 0 aromatic carbocycles. The van der Waals surface area contributed by atoms with Crippen molar-refractivity contribution in [2.24, 2.45) is 5.41 Å². The molecular weight excluding hydrogens is 150 g/mol. The molecule has 0 aromatic heterocycles. The first kappa shape index (κ1) is 8.52. The lowest BCUT2D eigenvalue weighted by Crippen LogP contribution is -2.45. The van der Waals surface area contributed by atoms with Crippen molar-refractivity contribution in [3.8, 4) is 0 Å². The van der Waals surface area contributed by atoms with Gasteiger partial charge in [-0.3, -0.25) is 5.32 Å². The minimum absolute atomic E-state index is 0.0550. The van der Waals surface area contributed by atoms with E-state index in [4.69, 9.17) is 4.74 Å². The molecule has 0 aromatic rings. The van der Waals surface area contributed by atoms with Crippen LogP contribution in [-0.2, 0) is 4.74 Å². The van der Waals surface area contributed by atoms with E-state index >= 15 is 0 Å². The molecule has 2 heteroatoms. The van der Waals surface area contributed by atoms with Crippen LogP contribution in [0.15, 0.2) is 0 Å². The van der Waals surface area contributed by atoms with E-state index < -0.39 is 0 Å². The fourth-order valence-corrected chi connectivity index (χ4v) is 2.46. The van der Waals surface area contributed by atoms with Crippen molar-refractivity contribution < 1.29 is 4.74 Å². The summed E-state index contributed by atoms with van der Waals surface area (Å²) in [6, 6.07) is 0.532. The molecule has 70 valence electrons. The van der Waals surface area contributed by atoms with Gasteiger partial charge in [-0.2, -0.15) is 0 Å². The van der Waals surface area contributed by atoms with Gasteiger partial charge >= 0.3 is 0 Å². The quantitative estimate of drug-likeness (QED) is 0.681. The topological polar surface area (TPSA) is 21.3 Å². The number of hydrogen-bond donors (Lipinski definition) is 1. The molecule has 12 heavy (non-hydrogen) atoms. The zero-order valence-electron chi connectivity index (χ0n) is 8.31. The molecule has 1 heterocycles. The largest absolute Gasteiger partial charge is 0.360 e. The molecule has 0 spiro atoms. The Hall–Kier alpha value is -0.0800. The Morgan fingerprint density at radius 2 is 2.17 bits per heavy atom. The molecule has 0 bridgehead atoms. The van der Waals surface area contributed by atoms with Crippen molar-refractivity contribution in [1.82, 2.24) is 5.32 Å². The van der Waals surface area contributed by atoms with Crippen LogP contribution < -0.4 is 5.32 Å². The maximum Gasteiger partial charge on any atom is 0.125 e. The maximum atomic E-state index is 5.84. The van der Waals surface area contributed by atoms with Gasteiger partial charge in [0.05, 0.1) is 0 Å². The number of rotatable bonds is 2. The van der Waals surface area contributed by atoms with Gasteiger partial charge in [0.1, 0.15) is 5.72 Å². The lowest BCUT2D eigenvalue weighted by Gasteiger charge is -2.30. The lowest BCUT2D eigenvalue weighted by molar-refractivity contribution is -0.0548. The molecule has 2 aliphatic rings. The molecule has 2 nitrogen and oxygen atoms in total. The maximum absolute atomic E-state index is 5.84. The molecule has 0 amide bonds. The predicted molar refractivity (Wildman–Crippen MR) is 48.9 cm³/mol. The van der Waals surface area contributed by atoms with Crippen molar-refractivity contribution in [2.45, 2.75) is 51.8 Å². The van der Waals surface area contributed by atoms with Gasteiger partial charge < -0.3 is 4.74 Å². The summed E-state index contributed by atoms with van der Waals surface area (Å²) in [6.07, 6.45) is 3.77. The van der Waals surface area contributed by atoms with Crippen LogP contribution in [0.4, 0.5) is 0 Å². The number of fused-ring (bicyclic) bond motifs is 1. The standard InChI is InChI=1S/C10H19NO/c1-8(2)11-10-7-9(10,3)5-4-6-12-10/h8,11H,4-7H2,1-3H3/t9-,10+/m0/s1. The third-order valence-corrected chi connectivity index (χ3v) is 3.23. The first-order chi connectivity index (χ1) is 5.58. The van der Waals surface area contributed by atoms with Gasteiger partial charge in [-0.15, -0.1) is 0 Å². The van der Waals surface area contributed by atoms with E-state index in [1.165, 1.54) is 19.3 Å². The van der Waals surface area contributed by atoms with Gasteiger partial charge in [0.25, 0.3) is 0 Å². The van der Waals surface area contributed by atoms with Crippen LogP contribution in [0.3, 0.4) is 0 Å². The van der Waals surface area contributed by atoms with Crippen LogP contribution >= 0.6 is 0 Å². The molecular formula is C10H19NO. The Labute approximate surface area is 74.7 Å². The summed E-state index contributed by atoms with van der Waals surface area (Å²) in [5, 5.41) is 3.55. The predicted octanol–water partition coefficient (Wildman–Crippen LogP) is 1.90. The Kier molecular flexibility index (Phi) is 1.74. The van der Waals surface area contributed by atoms with E-state index in [2.05, 4.69) is 26.1 Å². The van der Waals surface area contributed by atoms with Crippen LogP contribution in [-0.4, -0.2) is 18.4 Å². The van der Waals surface area contributed by atoms with Crippen LogP contribution in [0.1, 0.15) is 40.0 Å². The van der Waals surface area contributed by atoms with Crippen LogP contribution in [0.2, 0.25) is 0 Å². The summed E-state index contributed by atoms with van der Waals surface area (Å²) in [7, 11) is 0. The van der Waals surface area contributed by atoms with Crippen LogP contribution in [0.25, 0.3) is 0 Å². The molecule has 2 atom stereocenters. The number of ether oxygens (including phenoxy) is 1. The highest BCUT2D eigenvalue weighted by Gasteiger charge is 2.66. The highest BCUT2D eigenvalue weighted by Crippen LogP contribution is 2.61. The third kappa shape index (κ3) is 1.09. The molecule has 2 fully saturated rings. The van der Waals surface area contributed by atoms with E-state index in [1.807, 2.05) is 0 Å². The van der Waals surface area contributed by atoms with Gasteiger partial charge in [-0.1, -0.05) is 6.92 Å². The van der Waals surface area contributed by atoms with Gasteiger partial charge in [-0.25, -0.2) is 0 Å². The normalized spacial score (nSPS) is 46.0. The smallest absolute Gasteiger partial charge is 0.125 e. The first-order valence-electron chi connectivity index (χ1n) is 5.00. The monoisotopic (exact) mass is 169 g/mol. The lowest BCUT2D eigenvalue weighted by atomic mass is 9.99. The second-order valence-electron chi connectivity index (χ2n) is 4.82. The SMILES string of the molecule is CC(C)N[C@@]12C[C@]1(C)CCCO2. The number of nitrogens with one attached hydrogen (secondary N) is 1. The summed E-state index contributed by atoms with van der Waals surface area (Å²) in [6.45, 7) is 7.65.